The molecule has 0 saturated heterocycles. The van der Waals surface area contributed by atoms with Crippen LogP contribution in [0.2, 0.25) is 0 Å². The Morgan fingerprint density at radius 1 is 0.529 bits per heavy atom. The van der Waals surface area contributed by atoms with E-state index in [1.54, 1.807) is 74.6 Å². The molecule has 26 nitrogen and oxygen atoms in total. The van der Waals surface area contributed by atoms with Crippen molar-refractivity contribution in [1.82, 2.24) is 52.8 Å². The van der Waals surface area contributed by atoms with Gasteiger partial charge in [-0.2, -0.15) is 25.3 Å². The fourth-order valence-electron chi connectivity index (χ4n) is 8.80. The van der Waals surface area contributed by atoms with Gasteiger partial charge in [0.15, 0.2) is 6.04 Å². The van der Waals surface area contributed by atoms with Gasteiger partial charge in [0.05, 0.1) is 25.1 Å². The number of carboxylic acids is 1. The first-order chi connectivity index (χ1) is 40.2. The van der Waals surface area contributed by atoms with Crippen LogP contribution in [0.5, 0.6) is 5.75 Å². The fraction of sp³-hybridized carbons (Fsp3) is 0.456. The molecule has 28 heteroatoms. The zero-order valence-electron chi connectivity index (χ0n) is 47.8. The second-order valence-corrected chi connectivity index (χ2v) is 22.0. The Kier molecular flexibility index (Phi) is 27.7. The number of aromatic hydroxyl groups is 1. The molecule has 0 spiro atoms. The maximum atomic E-state index is 14.5. The number of rotatable bonds is 34. The number of benzene rings is 3. The number of aliphatic hydroxyl groups is 1. The summed E-state index contributed by atoms with van der Waals surface area (Å²) in [6.45, 7) is 7.62. The molecular weight excluding hydrogens is 1140 g/mol. The maximum absolute atomic E-state index is 14.5. The van der Waals surface area contributed by atoms with Crippen molar-refractivity contribution in [2.24, 2.45) is 23.3 Å². The Balaban J connectivity index is 1.55. The van der Waals surface area contributed by atoms with Crippen LogP contribution in [0.4, 0.5) is 0 Å². The number of aliphatic carboxylic acids is 1. The van der Waals surface area contributed by atoms with E-state index in [9.17, 15) is 68.1 Å². The third-order valence-corrected chi connectivity index (χ3v) is 13.9. The van der Waals surface area contributed by atoms with Gasteiger partial charge in [-0.3, -0.25) is 47.9 Å². The van der Waals surface area contributed by atoms with Crippen LogP contribution >= 0.6 is 25.3 Å². The van der Waals surface area contributed by atoms with E-state index >= 15 is 0 Å². The van der Waals surface area contributed by atoms with Crippen molar-refractivity contribution in [3.63, 3.8) is 0 Å². The summed E-state index contributed by atoms with van der Waals surface area (Å²) >= 11 is 8.47. The van der Waals surface area contributed by atoms with Gasteiger partial charge in [-0.25, -0.2) is 4.79 Å². The van der Waals surface area contributed by atoms with Crippen LogP contribution in [0.1, 0.15) is 70.6 Å². The van der Waals surface area contributed by atoms with Crippen LogP contribution in [0.15, 0.2) is 85.1 Å². The minimum atomic E-state index is -1.73. The SMILES string of the molecule is CC(C)C[C@H](NC(=O)[C@H](Cc1ccc(O)cc1)NC(=O)[C@@H](CS)NC(=O)CNC(=O)[C@H](Cc1ccccc1)NC(=O)[C@H](CC(N)=O)NC(=O)[C@@H](N)CC(C)C)C(=O)N[C@@H](Cc1c[nH]c2ccccc12)C(=O)N[C@@H](CS)C(=O)N[C@H](C(=O)O)[C@@H](C)O. The van der Waals surface area contributed by atoms with Crippen molar-refractivity contribution < 1.29 is 68.1 Å². The molecule has 3 aromatic carbocycles. The number of aromatic nitrogens is 1. The number of nitrogens with one attached hydrogen (secondary N) is 10. The number of thiol groups is 2. The van der Waals surface area contributed by atoms with Gasteiger partial charge in [-0.1, -0.05) is 88.4 Å². The Morgan fingerprint density at radius 3 is 1.54 bits per heavy atom. The molecular formula is C57H78N12O14S2. The van der Waals surface area contributed by atoms with Gasteiger partial charge in [0, 0.05) is 47.9 Å². The highest BCUT2D eigenvalue weighted by Crippen LogP contribution is 2.20. The molecule has 0 aliphatic rings. The summed E-state index contributed by atoms with van der Waals surface area (Å²) in [4.78, 5) is 151. The number of H-pyrrole nitrogens is 1. The summed E-state index contributed by atoms with van der Waals surface area (Å²) < 4.78 is 0. The lowest BCUT2D eigenvalue weighted by Crippen LogP contribution is -2.61. The smallest absolute Gasteiger partial charge is 0.328 e. The normalized spacial score (nSPS) is 14.8. The zero-order chi connectivity index (χ0) is 63.1. The zero-order valence-corrected chi connectivity index (χ0v) is 49.5. The molecule has 85 heavy (non-hydrogen) atoms. The number of carboxylic acid groups (broad SMARTS) is 1. The number of hydrogen-bond donors (Lipinski definition) is 17. The van der Waals surface area contributed by atoms with Gasteiger partial charge in [-0.15, -0.1) is 0 Å². The van der Waals surface area contributed by atoms with E-state index < -0.39 is 138 Å². The van der Waals surface area contributed by atoms with Crippen LogP contribution in [-0.2, 0) is 72.0 Å². The second-order valence-electron chi connectivity index (χ2n) is 21.3. The molecule has 0 aliphatic heterocycles. The molecule has 0 saturated carbocycles. The number of carbonyl (C=O) groups excluding carboxylic acids is 10. The number of para-hydroxylation sites is 1. The van der Waals surface area contributed by atoms with E-state index in [1.165, 1.54) is 24.3 Å². The minimum absolute atomic E-state index is 0.00887. The van der Waals surface area contributed by atoms with Gasteiger partial charge in [0.25, 0.3) is 0 Å². The number of carbonyl (C=O) groups is 11. The second kappa shape index (κ2) is 33.9. The summed E-state index contributed by atoms with van der Waals surface area (Å²) in [5, 5.41) is 52.9. The highest BCUT2D eigenvalue weighted by atomic mass is 32.1. The van der Waals surface area contributed by atoms with E-state index in [2.05, 4.69) is 78.1 Å². The molecule has 1 aromatic heterocycles. The Bertz CT molecular complexity index is 2970. The molecule has 0 bridgehead atoms. The lowest BCUT2D eigenvalue weighted by atomic mass is 9.99. The molecule has 4 aromatic rings. The third kappa shape index (κ3) is 22.7. The lowest BCUT2D eigenvalue weighted by Gasteiger charge is -2.28. The lowest BCUT2D eigenvalue weighted by molar-refractivity contribution is -0.145. The monoisotopic (exact) mass is 1220 g/mol. The Morgan fingerprint density at radius 2 is 0.988 bits per heavy atom. The van der Waals surface area contributed by atoms with Crippen molar-refractivity contribution in [2.75, 3.05) is 18.1 Å². The highest BCUT2D eigenvalue weighted by Gasteiger charge is 2.36. The summed E-state index contributed by atoms with van der Waals surface area (Å²) in [7, 11) is 0. The largest absolute Gasteiger partial charge is 0.508 e. The average Bonchev–Trinajstić information content (AvgIpc) is 3.64. The van der Waals surface area contributed by atoms with Crippen molar-refractivity contribution >= 4 is 101 Å². The fourth-order valence-corrected chi connectivity index (χ4v) is 9.32. The number of phenols is 1. The summed E-state index contributed by atoms with van der Waals surface area (Å²) in [6.07, 6.45) is -0.745. The average molecular weight is 1220 g/mol. The van der Waals surface area contributed by atoms with Gasteiger partial charge in [0.1, 0.15) is 48.0 Å². The number of aliphatic hydroxyl groups excluding tert-OH is 1. The van der Waals surface area contributed by atoms with Gasteiger partial charge >= 0.3 is 5.97 Å². The molecule has 10 atom stereocenters. The molecule has 4 rings (SSSR count). The summed E-state index contributed by atoms with van der Waals surface area (Å²) in [5.41, 5.74) is 13.7. The summed E-state index contributed by atoms with van der Waals surface area (Å²) in [5.74, 6) is -11.5. The highest BCUT2D eigenvalue weighted by molar-refractivity contribution is 7.80. The van der Waals surface area contributed by atoms with Crippen LogP contribution in [0.25, 0.3) is 10.9 Å². The number of primary amides is 1. The van der Waals surface area contributed by atoms with Crippen LogP contribution in [0.3, 0.4) is 0 Å². The predicted octanol–water partition coefficient (Wildman–Crippen LogP) is -1.48. The van der Waals surface area contributed by atoms with Crippen molar-refractivity contribution in [1.29, 1.82) is 0 Å². The summed E-state index contributed by atoms with van der Waals surface area (Å²) in [6, 6.07) is 8.43. The van der Waals surface area contributed by atoms with Crippen LogP contribution in [0, 0.1) is 11.8 Å². The number of amides is 10. The minimum Gasteiger partial charge on any atom is -0.508 e. The van der Waals surface area contributed by atoms with Gasteiger partial charge < -0.3 is 79.6 Å². The topological polar surface area (TPSA) is 425 Å². The van der Waals surface area contributed by atoms with E-state index in [4.69, 9.17) is 11.5 Å². The number of hydrogen-bond acceptors (Lipinski definition) is 16. The number of fused-ring (bicyclic) bond motifs is 1. The van der Waals surface area contributed by atoms with Crippen molar-refractivity contribution in [3.8, 4) is 5.75 Å². The van der Waals surface area contributed by atoms with Crippen LogP contribution < -0.4 is 59.3 Å². The number of aromatic amines is 1. The number of nitrogens with two attached hydrogens (primary N) is 2. The quantitative estimate of drug-likeness (QED) is 0.0237. The van der Waals surface area contributed by atoms with Crippen molar-refractivity contribution in [2.45, 2.75) is 134 Å². The van der Waals surface area contributed by atoms with Gasteiger partial charge in [-0.05, 0) is 66.5 Å². The first kappa shape index (κ1) is 69.3. The van der Waals surface area contributed by atoms with Gasteiger partial charge in [0.2, 0.25) is 59.1 Å². The molecule has 1 heterocycles. The van der Waals surface area contributed by atoms with Crippen molar-refractivity contribution in [3.05, 3.63) is 102 Å². The Hall–Kier alpha value is -8.21. The van der Waals surface area contributed by atoms with E-state index in [1.807, 2.05) is 13.8 Å². The van der Waals surface area contributed by atoms with Crippen LogP contribution in [-0.4, -0.2) is 164 Å². The molecule has 0 fully saturated rings. The standard InChI is InChI=1S/C57H78N12O14S2/c1-29(2)19-37(58)49(74)63-43(24-46(59)72)54(79)65-40(21-32-11-7-6-8-12-32)50(75)61-26-47(73)62-44(27-84)55(80)66-41(22-33-15-17-35(71)18-16-33)52(77)64-39(20-30(3)4)51(76)67-42(23-34-25-60-38-14-10-9-13-36(34)38)53(78)68-45(28-85)56(81)69-48(31(5)70)57(82)83/h6-18,25,29-31,37,39-45,48,60,70-71,84-85H,19-24,26-28,58H2,1-5H3,(H2,59,72)(H,61,75)(H,62,73)(H,63,74)(H,64,77)(H,65,79)(H,66,80)(H,67,76)(H,68,78)(H,69,81)(H,82,83)/t31-,37+,39+,40+,41+,42+,43+,44-,45+,48+/m1/s1. The van der Waals surface area contributed by atoms with E-state index in [0.29, 0.717) is 27.6 Å². The van der Waals surface area contributed by atoms with E-state index in [-0.39, 0.29) is 61.2 Å². The third-order valence-electron chi connectivity index (χ3n) is 13.2. The molecule has 462 valence electrons. The first-order valence-corrected chi connectivity index (χ1v) is 28.7. The molecule has 0 unspecified atom stereocenters. The van der Waals surface area contributed by atoms with E-state index in [0.717, 1.165) is 6.92 Å². The first-order valence-electron chi connectivity index (χ1n) is 27.4. The molecule has 17 N–H and O–H groups in total. The maximum Gasteiger partial charge on any atom is 0.328 e. The molecule has 0 radical (unpaired) electrons. The number of phenolic OH excluding ortho intramolecular Hbond substituents is 1. The Labute approximate surface area is 502 Å². The predicted molar refractivity (Wildman–Crippen MR) is 320 cm³/mol. The molecule has 10 amide bonds. The molecule has 0 aliphatic carbocycles.